The van der Waals surface area contributed by atoms with Crippen LogP contribution in [0.4, 0.5) is 0 Å². The highest BCUT2D eigenvalue weighted by Gasteiger charge is 2.30. The van der Waals surface area contributed by atoms with E-state index in [1.807, 2.05) is 79.0 Å². The first-order chi connectivity index (χ1) is 38.1. The molecule has 358 valence electrons. The summed E-state index contributed by atoms with van der Waals surface area (Å²) >= 11 is 0. The number of hydrogen-bond acceptors (Lipinski definition) is 3. The molecule has 2 heterocycles. The summed E-state index contributed by atoms with van der Waals surface area (Å²) in [5.74, 6) is 0.635. The van der Waals surface area contributed by atoms with Crippen LogP contribution in [-0.2, 0) is 16.2 Å². The van der Waals surface area contributed by atoms with Crippen molar-refractivity contribution in [3.05, 3.63) is 216 Å². The fraction of sp³-hybridized carbons (Fsp3) is 0.206. The van der Waals surface area contributed by atoms with Crippen molar-refractivity contribution in [2.45, 2.75) is 92.2 Å². The van der Waals surface area contributed by atoms with Crippen LogP contribution in [0.3, 0.4) is 0 Å². The highest BCUT2D eigenvalue weighted by Crippen LogP contribution is 2.46. The van der Waals surface area contributed by atoms with Crippen molar-refractivity contribution in [3.63, 3.8) is 0 Å². The molecule has 0 bridgehead atoms. The lowest BCUT2D eigenvalue weighted by atomic mass is 9.79. The SMILES string of the molecule is [2H]C([2H])([2H])C(c1ccc(-c2ccc(-n3c(-c4cc(C(C)(C)C)cc(C(C)(C)C)c4O)nc4c(-c5cc(-c6ccccc6)cc(-c6cc(-c7c(C)cccc7C)ccn6)c5)cccc43)c(-c3ccccc3)c2)cc1)(C([2H])([2H])[2H])C([2H])([2H])[2H]. The molecule has 0 radical (unpaired) electrons. The summed E-state index contributed by atoms with van der Waals surface area (Å²) in [6.07, 6.45) is 1.88. The van der Waals surface area contributed by atoms with Gasteiger partial charge in [-0.2, -0.15) is 0 Å². The molecule has 0 atom stereocenters. The molecule has 0 aliphatic carbocycles. The zero-order valence-electron chi connectivity index (χ0n) is 51.2. The van der Waals surface area contributed by atoms with Crippen LogP contribution < -0.4 is 0 Å². The second-order valence-corrected chi connectivity index (χ2v) is 21.2. The number of imidazole rings is 1. The van der Waals surface area contributed by atoms with Gasteiger partial charge in [0.2, 0.25) is 0 Å². The van der Waals surface area contributed by atoms with Gasteiger partial charge in [-0.3, -0.25) is 9.55 Å². The van der Waals surface area contributed by atoms with Gasteiger partial charge in [0.1, 0.15) is 11.6 Å². The maximum Gasteiger partial charge on any atom is 0.149 e. The van der Waals surface area contributed by atoms with E-state index in [0.29, 0.717) is 28.0 Å². The third-order valence-electron chi connectivity index (χ3n) is 13.9. The molecule has 0 aliphatic rings. The Morgan fingerprint density at radius 2 is 1.08 bits per heavy atom. The van der Waals surface area contributed by atoms with Gasteiger partial charge in [-0.25, -0.2) is 4.98 Å². The first-order valence-electron chi connectivity index (χ1n) is 29.0. The standard InChI is InChI=1S/C68H65N3O/c1-43-20-18-21-44(2)62(43)49-34-35-69-59(40-49)52-37-50(45-22-14-12-15-23-45)36-51(38-52)55-26-19-27-61-63(55)70-65(57-41-54(67(6,7)8)42-58(64(57)72)68(9,10)11)71(61)60-33-30-48(39-56(60)47-24-16-13-17-25-47)46-28-31-53(32-29-46)66(3,4)5/h12-42,72H,1-11H3/i3D3,4D3,5D3. The maximum absolute atomic E-state index is 12.8. The smallest absolute Gasteiger partial charge is 0.149 e. The van der Waals surface area contributed by atoms with E-state index >= 15 is 0 Å². The molecular formula is C68H65N3O. The van der Waals surface area contributed by atoms with Gasteiger partial charge in [-0.15, -0.1) is 0 Å². The number of phenolic OH excluding ortho intramolecular Hbond substituents is 1. The van der Waals surface area contributed by atoms with Crippen LogP contribution in [0.2, 0.25) is 0 Å². The molecule has 0 aliphatic heterocycles. The number of aryl methyl sites for hydroxylation is 2. The van der Waals surface area contributed by atoms with Gasteiger partial charge in [-0.1, -0.05) is 189 Å². The Kier molecular flexibility index (Phi) is 9.70. The second-order valence-electron chi connectivity index (χ2n) is 21.2. The molecule has 0 saturated carbocycles. The summed E-state index contributed by atoms with van der Waals surface area (Å²) in [6.45, 7) is 6.84. The van der Waals surface area contributed by atoms with E-state index in [-0.39, 0.29) is 16.7 Å². The number of benzene rings is 8. The first kappa shape index (κ1) is 37.9. The summed E-state index contributed by atoms with van der Waals surface area (Å²) < 4.78 is 77.2. The fourth-order valence-electron chi connectivity index (χ4n) is 9.98. The number of aromatic nitrogens is 3. The van der Waals surface area contributed by atoms with Crippen LogP contribution in [0.15, 0.2) is 188 Å². The molecule has 0 amide bonds. The first-order valence-corrected chi connectivity index (χ1v) is 24.5. The molecule has 4 heteroatoms. The average molecular weight is 949 g/mol. The molecular weight excluding hydrogens is 875 g/mol. The summed E-state index contributed by atoms with van der Waals surface area (Å²) in [5, 5.41) is 12.8. The number of rotatable bonds is 8. The van der Waals surface area contributed by atoms with Crippen LogP contribution >= 0.6 is 0 Å². The zero-order valence-corrected chi connectivity index (χ0v) is 42.2. The Morgan fingerprint density at radius 3 is 1.75 bits per heavy atom. The van der Waals surface area contributed by atoms with E-state index in [9.17, 15) is 5.11 Å². The van der Waals surface area contributed by atoms with E-state index in [0.717, 1.165) is 72.5 Å². The topological polar surface area (TPSA) is 50.9 Å². The van der Waals surface area contributed by atoms with E-state index in [1.54, 1.807) is 12.1 Å². The van der Waals surface area contributed by atoms with Gasteiger partial charge in [0, 0.05) is 40.8 Å². The van der Waals surface area contributed by atoms with Gasteiger partial charge < -0.3 is 5.11 Å². The monoisotopic (exact) mass is 949 g/mol. The van der Waals surface area contributed by atoms with E-state index < -0.39 is 31.4 Å². The number of fused-ring (bicyclic) bond motifs is 1. The number of nitrogens with zero attached hydrogens (tertiary/aromatic N) is 3. The van der Waals surface area contributed by atoms with Gasteiger partial charge in [0.25, 0.3) is 0 Å². The molecule has 2 aromatic heterocycles. The zero-order chi connectivity index (χ0) is 58.2. The van der Waals surface area contributed by atoms with Gasteiger partial charge >= 0.3 is 0 Å². The quantitative estimate of drug-likeness (QED) is 0.165. The lowest BCUT2D eigenvalue weighted by Gasteiger charge is -2.27. The largest absolute Gasteiger partial charge is 0.507 e. The Bertz CT molecular complexity index is 3940. The van der Waals surface area contributed by atoms with Crippen molar-refractivity contribution in [1.29, 1.82) is 0 Å². The predicted octanol–water partition coefficient (Wildman–Crippen LogP) is 18.3. The molecule has 0 unspecified atom stereocenters. The van der Waals surface area contributed by atoms with Crippen molar-refractivity contribution in [2.75, 3.05) is 0 Å². The minimum Gasteiger partial charge on any atom is -0.507 e. The Balaban J connectivity index is 1.25. The van der Waals surface area contributed by atoms with E-state index in [4.69, 9.17) is 22.3 Å². The molecule has 72 heavy (non-hydrogen) atoms. The van der Waals surface area contributed by atoms with Gasteiger partial charge in [-0.05, 0) is 151 Å². The fourth-order valence-corrected chi connectivity index (χ4v) is 9.98. The molecule has 0 fully saturated rings. The molecule has 8 aromatic carbocycles. The van der Waals surface area contributed by atoms with Crippen LogP contribution in [0.1, 0.15) is 102 Å². The molecule has 0 saturated heterocycles. The molecule has 10 rings (SSSR count). The minimum absolute atomic E-state index is 0.122. The molecule has 0 spiro atoms. The van der Waals surface area contributed by atoms with Crippen molar-refractivity contribution < 1.29 is 17.4 Å². The summed E-state index contributed by atoms with van der Waals surface area (Å²) in [4.78, 5) is 10.7. The Morgan fingerprint density at radius 1 is 0.458 bits per heavy atom. The summed E-state index contributed by atoms with van der Waals surface area (Å²) in [7, 11) is 0. The molecule has 10 aromatic rings. The van der Waals surface area contributed by atoms with Crippen LogP contribution in [0.5, 0.6) is 5.75 Å². The summed E-state index contributed by atoms with van der Waals surface area (Å²) in [5.41, 5.74) is 13.5. The second kappa shape index (κ2) is 18.4. The predicted molar refractivity (Wildman–Crippen MR) is 304 cm³/mol. The van der Waals surface area contributed by atoms with E-state index in [1.165, 1.54) is 28.8 Å². The highest BCUT2D eigenvalue weighted by molar-refractivity contribution is 5.99. The number of para-hydroxylation sites is 1. The normalized spacial score (nSPS) is 14.5. The number of hydrogen-bond donors (Lipinski definition) is 1. The van der Waals surface area contributed by atoms with Gasteiger partial charge in [0.05, 0.1) is 28.0 Å². The number of aromatic hydroxyl groups is 1. The third-order valence-corrected chi connectivity index (χ3v) is 13.9. The van der Waals surface area contributed by atoms with Crippen LogP contribution in [0, 0.1) is 13.8 Å². The van der Waals surface area contributed by atoms with Crippen molar-refractivity contribution >= 4 is 11.0 Å². The van der Waals surface area contributed by atoms with E-state index in [2.05, 4.69) is 145 Å². The van der Waals surface area contributed by atoms with Crippen molar-refractivity contribution in [2.24, 2.45) is 0 Å². The molecule has 4 nitrogen and oxygen atoms in total. The Labute approximate surface area is 439 Å². The highest BCUT2D eigenvalue weighted by atomic mass is 16.3. The Hall–Kier alpha value is -7.82. The number of phenols is 1. The average Bonchev–Trinajstić information content (AvgIpc) is 2.85. The molecule has 1 N–H and O–H groups in total. The third kappa shape index (κ3) is 9.19. The van der Waals surface area contributed by atoms with Crippen molar-refractivity contribution in [3.8, 4) is 89.7 Å². The van der Waals surface area contributed by atoms with Crippen LogP contribution in [-0.4, -0.2) is 19.6 Å². The minimum atomic E-state index is -3.40. The maximum atomic E-state index is 12.8. The lowest BCUT2D eigenvalue weighted by Crippen LogP contribution is -2.17. The van der Waals surface area contributed by atoms with Crippen molar-refractivity contribution in [1.82, 2.24) is 14.5 Å². The van der Waals surface area contributed by atoms with Gasteiger partial charge in [0.15, 0.2) is 0 Å². The number of pyridine rings is 1. The summed E-state index contributed by atoms with van der Waals surface area (Å²) in [6, 6.07) is 59.4. The van der Waals surface area contributed by atoms with Crippen LogP contribution in [0.25, 0.3) is 95.0 Å². The lowest BCUT2D eigenvalue weighted by molar-refractivity contribution is 0.446.